The molecule has 1 aromatic rings. The Labute approximate surface area is 114 Å². The van der Waals surface area contributed by atoms with Gasteiger partial charge in [-0.05, 0) is 37.6 Å². The minimum Gasteiger partial charge on any atom is -0.492 e. The second-order valence-electron chi connectivity index (χ2n) is 4.40. The standard InChI is InChI=1S/C14H22N2O3/c1-4-14(2,18-3)13(17)16-11-5-7-12(8-6-11)19-10-9-15/h5-8H,4,9-10,15H2,1-3H3,(H,16,17). The molecule has 106 valence electrons. The number of methoxy groups -OCH3 is 1. The molecule has 1 unspecified atom stereocenters. The third-order valence-electron chi connectivity index (χ3n) is 3.10. The Morgan fingerprint density at radius 1 is 1.37 bits per heavy atom. The highest BCUT2D eigenvalue weighted by molar-refractivity contribution is 5.97. The predicted octanol–water partition coefficient (Wildman–Crippen LogP) is 1.78. The quantitative estimate of drug-likeness (QED) is 0.789. The number of hydrogen-bond donors (Lipinski definition) is 2. The first-order valence-electron chi connectivity index (χ1n) is 6.35. The van der Waals surface area contributed by atoms with Crippen molar-refractivity contribution in [3.05, 3.63) is 24.3 Å². The lowest BCUT2D eigenvalue weighted by molar-refractivity contribution is -0.136. The van der Waals surface area contributed by atoms with Gasteiger partial charge in [0.25, 0.3) is 5.91 Å². The van der Waals surface area contributed by atoms with Crippen LogP contribution in [0.25, 0.3) is 0 Å². The van der Waals surface area contributed by atoms with E-state index in [9.17, 15) is 4.79 Å². The summed E-state index contributed by atoms with van der Waals surface area (Å²) >= 11 is 0. The van der Waals surface area contributed by atoms with E-state index in [4.69, 9.17) is 15.2 Å². The van der Waals surface area contributed by atoms with Gasteiger partial charge in [0.15, 0.2) is 0 Å². The Kier molecular flexibility index (Phi) is 5.79. The van der Waals surface area contributed by atoms with Gasteiger partial charge in [0.2, 0.25) is 0 Å². The molecule has 0 aliphatic heterocycles. The van der Waals surface area contributed by atoms with E-state index in [1.165, 1.54) is 7.11 Å². The molecule has 1 amide bonds. The molecule has 3 N–H and O–H groups in total. The number of benzene rings is 1. The summed E-state index contributed by atoms with van der Waals surface area (Å²) in [5.74, 6) is 0.571. The van der Waals surface area contributed by atoms with Crippen LogP contribution in [0.15, 0.2) is 24.3 Å². The van der Waals surface area contributed by atoms with Crippen molar-refractivity contribution < 1.29 is 14.3 Å². The van der Waals surface area contributed by atoms with E-state index < -0.39 is 5.60 Å². The number of nitrogens with two attached hydrogens (primary N) is 1. The lowest BCUT2D eigenvalue weighted by Crippen LogP contribution is -2.41. The molecule has 1 rings (SSSR count). The summed E-state index contributed by atoms with van der Waals surface area (Å²) in [6, 6.07) is 7.16. The monoisotopic (exact) mass is 266 g/mol. The predicted molar refractivity (Wildman–Crippen MR) is 75.3 cm³/mol. The zero-order chi connectivity index (χ0) is 14.3. The first-order valence-corrected chi connectivity index (χ1v) is 6.35. The van der Waals surface area contributed by atoms with Crippen LogP contribution in [-0.2, 0) is 9.53 Å². The molecule has 1 atom stereocenters. The first-order chi connectivity index (χ1) is 9.05. The molecule has 0 heterocycles. The van der Waals surface area contributed by atoms with Gasteiger partial charge in [0, 0.05) is 19.3 Å². The molecule has 0 saturated carbocycles. The van der Waals surface area contributed by atoms with E-state index in [-0.39, 0.29) is 5.91 Å². The molecule has 0 saturated heterocycles. The summed E-state index contributed by atoms with van der Waals surface area (Å²) in [5.41, 5.74) is 5.25. The number of amides is 1. The number of ether oxygens (including phenoxy) is 2. The first kappa shape index (κ1) is 15.5. The zero-order valence-electron chi connectivity index (χ0n) is 11.7. The number of anilines is 1. The molecule has 0 spiro atoms. The Hall–Kier alpha value is -1.59. The topological polar surface area (TPSA) is 73.6 Å². The summed E-state index contributed by atoms with van der Waals surface area (Å²) in [6.07, 6.45) is 0.604. The van der Waals surface area contributed by atoms with Crippen molar-refractivity contribution in [3.63, 3.8) is 0 Å². The van der Waals surface area contributed by atoms with Crippen molar-refractivity contribution in [1.29, 1.82) is 0 Å². The smallest absolute Gasteiger partial charge is 0.256 e. The van der Waals surface area contributed by atoms with Gasteiger partial charge in [-0.3, -0.25) is 4.79 Å². The van der Waals surface area contributed by atoms with Crippen LogP contribution in [-0.4, -0.2) is 31.8 Å². The van der Waals surface area contributed by atoms with E-state index in [2.05, 4.69) is 5.32 Å². The van der Waals surface area contributed by atoms with E-state index in [1.807, 2.05) is 6.92 Å². The number of carbonyl (C=O) groups excluding carboxylic acids is 1. The Bertz CT molecular complexity index is 400. The van der Waals surface area contributed by atoms with Gasteiger partial charge < -0.3 is 20.5 Å². The highest BCUT2D eigenvalue weighted by Gasteiger charge is 2.30. The van der Waals surface area contributed by atoms with Crippen LogP contribution in [0.3, 0.4) is 0 Å². The van der Waals surface area contributed by atoms with Crippen molar-refractivity contribution in [2.75, 3.05) is 25.6 Å². The molecular weight excluding hydrogens is 244 g/mol. The minimum atomic E-state index is -0.811. The second kappa shape index (κ2) is 7.11. The highest BCUT2D eigenvalue weighted by atomic mass is 16.5. The average molecular weight is 266 g/mol. The minimum absolute atomic E-state index is 0.159. The fourth-order valence-corrected chi connectivity index (χ4v) is 1.47. The third kappa shape index (κ3) is 4.22. The molecule has 0 aliphatic rings. The zero-order valence-corrected chi connectivity index (χ0v) is 11.7. The van der Waals surface area contributed by atoms with E-state index in [1.54, 1.807) is 31.2 Å². The van der Waals surface area contributed by atoms with Crippen LogP contribution >= 0.6 is 0 Å². The normalized spacial score (nSPS) is 13.7. The number of nitrogens with one attached hydrogen (secondary N) is 1. The van der Waals surface area contributed by atoms with Crippen molar-refractivity contribution in [3.8, 4) is 5.75 Å². The summed E-state index contributed by atoms with van der Waals surface area (Å²) in [7, 11) is 1.53. The van der Waals surface area contributed by atoms with Gasteiger partial charge in [0.05, 0.1) is 0 Å². The molecule has 19 heavy (non-hydrogen) atoms. The van der Waals surface area contributed by atoms with Gasteiger partial charge >= 0.3 is 0 Å². The molecule has 0 radical (unpaired) electrons. The van der Waals surface area contributed by atoms with Crippen molar-refractivity contribution >= 4 is 11.6 Å². The van der Waals surface area contributed by atoms with Gasteiger partial charge in [-0.2, -0.15) is 0 Å². The fourth-order valence-electron chi connectivity index (χ4n) is 1.47. The van der Waals surface area contributed by atoms with Gasteiger partial charge in [-0.25, -0.2) is 0 Å². The molecule has 0 aliphatic carbocycles. The van der Waals surface area contributed by atoms with E-state index in [0.717, 1.165) is 5.75 Å². The summed E-state index contributed by atoms with van der Waals surface area (Å²) < 4.78 is 10.6. The molecule has 1 aromatic carbocycles. The van der Waals surface area contributed by atoms with E-state index in [0.29, 0.717) is 25.3 Å². The average Bonchev–Trinajstić information content (AvgIpc) is 2.45. The fraction of sp³-hybridized carbons (Fsp3) is 0.500. The van der Waals surface area contributed by atoms with Gasteiger partial charge in [-0.1, -0.05) is 6.92 Å². The van der Waals surface area contributed by atoms with Crippen LogP contribution < -0.4 is 15.8 Å². The lowest BCUT2D eigenvalue weighted by atomic mass is 10.0. The van der Waals surface area contributed by atoms with Gasteiger partial charge in [0.1, 0.15) is 18.0 Å². The summed E-state index contributed by atoms with van der Waals surface area (Å²) in [6.45, 7) is 4.62. The van der Waals surface area contributed by atoms with Crippen LogP contribution in [0.4, 0.5) is 5.69 Å². The SMILES string of the molecule is CCC(C)(OC)C(=O)Nc1ccc(OCCN)cc1. The summed E-state index contributed by atoms with van der Waals surface area (Å²) in [4.78, 5) is 12.1. The maximum Gasteiger partial charge on any atom is 0.256 e. The maximum atomic E-state index is 12.1. The number of rotatable bonds is 7. The van der Waals surface area contributed by atoms with Gasteiger partial charge in [-0.15, -0.1) is 0 Å². The highest BCUT2D eigenvalue weighted by Crippen LogP contribution is 2.20. The van der Waals surface area contributed by atoms with Crippen LogP contribution in [0.1, 0.15) is 20.3 Å². The Morgan fingerprint density at radius 3 is 2.47 bits per heavy atom. The maximum absolute atomic E-state index is 12.1. The van der Waals surface area contributed by atoms with Crippen molar-refractivity contribution in [2.24, 2.45) is 5.73 Å². The Balaban J connectivity index is 2.65. The number of carbonyl (C=O) groups is 1. The van der Waals surface area contributed by atoms with Crippen molar-refractivity contribution in [1.82, 2.24) is 0 Å². The lowest BCUT2D eigenvalue weighted by Gasteiger charge is -2.25. The molecule has 5 nitrogen and oxygen atoms in total. The van der Waals surface area contributed by atoms with Crippen molar-refractivity contribution in [2.45, 2.75) is 25.9 Å². The molecular formula is C14H22N2O3. The molecule has 0 fully saturated rings. The molecule has 0 aromatic heterocycles. The van der Waals surface area contributed by atoms with E-state index >= 15 is 0 Å². The Morgan fingerprint density at radius 2 is 2.00 bits per heavy atom. The molecule has 5 heteroatoms. The summed E-state index contributed by atoms with van der Waals surface area (Å²) in [5, 5.41) is 2.82. The third-order valence-corrected chi connectivity index (χ3v) is 3.10. The van der Waals surface area contributed by atoms with Crippen LogP contribution in [0.2, 0.25) is 0 Å². The van der Waals surface area contributed by atoms with Crippen LogP contribution in [0, 0.1) is 0 Å². The number of hydrogen-bond acceptors (Lipinski definition) is 4. The van der Waals surface area contributed by atoms with Crippen LogP contribution in [0.5, 0.6) is 5.75 Å². The second-order valence-corrected chi connectivity index (χ2v) is 4.40. The largest absolute Gasteiger partial charge is 0.492 e. The molecule has 0 bridgehead atoms.